The minimum absolute atomic E-state index is 0.0973. The van der Waals surface area contributed by atoms with Crippen LogP contribution in [0.3, 0.4) is 0 Å². The van der Waals surface area contributed by atoms with Crippen LogP contribution < -0.4 is 19.6 Å². The van der Waals surface area contributed by atoms with Crippen molar-refractivity contribution >= 4 is 58.6 Å². The summed E-state index contributed by atoms with van der Waals surface area (Å²) in [6, 6.07) is 20.6. The van der Waals surface area contributed by atoms with Crippen LogP contribution >= 0.6 is 0 Å². The number of hydrogen-bond donors (Lipinski definition) is 4. The van der Waals surface area contributed by atoms with Crippen molar-refractivity contribution in [3.05, 3.63) is 96.3 Å². The Morgan fingerprint density at radius 1 is 0.618 bits per heavy atom. The summed E-state index contributed by atoms with van der Waals surface area (Å²) in [7, 11) is 0. The van der Waals surface area contributed by atoms with Crippen molar-refractivity contribution in [2.45, 2.75) is 0 Å². The Kier molecular flexibility index (Phi) is 7.57. The van der Waals surface area contributed by atoms with E-state index < -0.39 is 0 Å². The predicted octanol–water partition coefficient (Wildman–Crippen LogP) is 1.67. The molecule has 34 heavy (non-hydrogen) atoms. The summed E-state index contributed by atoms with van der Waals surface area (Å²) in [5.41, 5.74) is 0.990. The van der Waals surface area contributed by atoms with Crippen LogP contribution in [0, 0.1) is 0 Å². The molecule has 2 aromatic heterocycles. The number of rotatable bonds is 7. The Hall–Kier alpha value is -3.68. The van der Waals surface area contributed by atoms with E-state index >= 15 is 0 Å². The average Bonchev–Trinajstić information content (AvgIpc) is 2.86. The summed E-state index contributed by atoms with van der Waals surface area (Å²) in [5, 5.41) is 25.1. The molecule has 4 rings (SSSR count). The number of pyridine rings is 2. The van der Waals surface area contributed by atoms with Crippen molar-refractivity contribution in [2.24, 2.45) is 0 Å². The molecule has 0 atom stereocenters. The van der Waals surface area contributed by atoms with Crippen LogP contribution in [0.4, 0.5) is 11.6 Å². The molecule has 0 spiro atoms. The zero-order valence-corrected chi connectivity index (χ0v) is 20.9. The molecule has 2 aromatic carbocycles. The molecule has 0 radical (unpaired) electrons. The fraction of sp³-hybridized carbons (Fsp3) is 0. The van der Waals surface area contributed by atoms with Gasteiger partial charge in [-0.2, -0.15) is 0 Å². The van der Waals surface area contributed by atoms with E-state index in [1.165, 1.54) is 24.5 Å². The minimum atomic E-state index is -0.362. The van der Waals surface area contributed by atoms with Gasteiger partial charge in [0.1, 0.15) is 0 Å². The molecule has 8 nitrogen and oxygen atoms in total. The third-order valence-electron chi connectivity index (χ3n) is 4.52. The van der Waals surface area contributed by atoms with E-state index in [0.29, 0.717) is 11.1 Å². The van der Waals surface area contributed by atoms with Crippen LogP contribution in [0.5, 0.6) is 11.5 Å². The van der Waals surface area contributed by atoms with E-state index in [0.717, 1.165) is 8.92 Å². The number of anilines is 2. The van der Waals surface area contributed by atoms with E-state index in [2.05, 4.69) is 20.6 Å². The molecule has 0 bridgehead atoms. The summed E-state index contributed by atoms with van der Waals surface area (Å²) in [6.45, 7) is 0. The van der Waals surface area contributed by atoms with Crippen LogP contribution in [0.25, 0.3) is 0 Å². The Morgan fingerprint density at radius 2 is 1.03 bits per heavy atom. The summed E-state index contributed by atoms with van der Waals surface area (Å²) >= 11 is -0.229. The van der Waals surface area contributed by atoms with Crippen molar-refractivity contribution in [1.29, 1.82) is 0 Å². The van der Waals surface area contributed by atoms with Gasteiger partial charge in [0.15, 0.2) is 0 Å². The van der Waals surface area contributed by atoms with Gasteiger partial charge in [-0.05, 0) is 0 Å². The van der Waals surface area contributed by atoms with E-state index in [4.69, 9.17) is 0 Å². The van der Waals surface area contributed by atoms with Gasteiger partial charge in [-0.3, -0.25) is 0 Å². The van der Waals surface area contributed by atoms with Gasteiger partial charge >= 0.3 is 207 Å². The average molecular weight is 584 g/mol. The Labute approximate surface area is 206 Å². The number of carbonyl (C=O) groups excluding carboxylic acids is 2. The van der Waals surface area contributed by atoms with E-state index in [9.17, 15) is 19.8 Å². The quantitative estimate of drug-likeness (QED) is 0.245. The number of nitrogens with zero attached hydrogens (tertiary/aromatic N) is 2. The first-order valence-electron chi connectivity index (χ1n) is 9.96. The molecule has 170 valence electrons. The third kappa shape index (κ3) is 5.62. The van der Waals surface area contributed by atoms with Gasteiger partial charge in [-0.15, -0.1) is 0 Å². The zero-order chi connectivity index (χ0) is 23.9. The number of nitrogens with one attached hydrogen (secondary N) is 2. The Morgan fingerprint density at radius 3 is 1.44 bits per heavy atom. The molecule has 2 amide bonds. The second-order valence-electron chi connectivity index (χ2n) is 6.81. The Balaban J connectivity index is 1.51. The Bertz CT molecular complexity index is 1250. The number of aromatic hydroxyl groups is 2. The SMILES string of the molecule is O=C(Nc1ncccc1O)c1ccccc1[Se][Se]c1ccccc1C(=O)Nc1ncccc1O. The first kappa shape index (κ1) is 23.5. The number of benzene rings is 2. The second-order valence-corrected chi connectivity index (χ2v) is 13.0. The van der Waals surface area contributed by atoms with Crippen molar-refractivity contribution < 1.29 is 19.8 Å². The van der Waals surface area contributed by atoms with E-state index in [1.807, 2.05) is 24.3 Å². The maximum absolute atomic E-state index is 12.9. The van der Waals surface area contributed by atoms with Gasteiger partial charge in [-0.1, -0.05) is 0 Å². The molecule has 0 aliphatic rings. The molecule has 0 aliphatic heterocycles. The molecule has 0 unspecified atom stereocenters. The van der Waals surface area contributed by atoms with Gasteiger partial charge in [0.2, 0.25) is 0 Å². The van der Waals surface area contributed by atoms with Crippen LogP contribution in [0.1, 0.15) is 20.7 Å². The van der Waals surface area contributed by atoms with Gasteiger partial charge in [0, 0.05) is 0 Å². The van der Waals surface area contributed by atoms with Crippen molar-refractivity contribution in [3.63, 3.8) is 0 Å². The third-order valence-corrected chi connectivity index (χ3v) is 11.8. The van der Waals surface area contributed by atoms with E-state index in [-0.39, 0.29) is 61.2 Å². The molecule has 0 aliphatic carbocycles. The molecule has 4 N–H and O–H groups in total. The summed E-state index contributed by atoms with van der Waals surface area (Å²) in [5.74, 6) is -0.748. The first-order valence-corrected chi connectivity index (χ1v) is 16.0. The van der Waals surface area contributed by atoms with Crippen LogP contribution in [0.2, 0.25) is 0 Å². The van der Waals surface area contributed by atoms with Gasteiger partial charge in [-0.25, -0.2) is 0 Å². The molecular formula is C24H18N4O4Se2. The molecule has 4 aromatic rings. The number of aromatic nitrogens is 2. The molecule has 10 heteroatoms. The number of carbonyl (C=O) groups is 2. The topological polar surface area (TPSA) is 124 Å². The van der Waals surface area contributed by atoms with Crippen molar-refractivity contribution in [3.8, 4) is 11.5 Å². The van der Waals surface area contributed by atoms with Crippen molar-refractivity contribution in [2.75, 3.05) is 10.6 Å². The second kappa shape index (κ2) is 11.0. The fourth-order valence-electron chi connectivity index (χ4n) is 2.88. The molecule has 2 heterocycles. The monoisotopic (exact) mass is 586 g/mol. The molecule has 0 saturated carbocycles. The summed E-state index contributed by atoms with van der Waals surface area (Å²) < 4.78 is 1.75. The number of amides is 2. The predicted molar refractivity (Wildman–Crippen MR) is 131 cm³/mol. The van der Waals surface area contributed by atoms with Gasteiger partial charge in [0.25, 0.3) is 0 Å². The standard InChI is InChI=1S/C24H18N4O4Se2/c29-17-9-5-13-25-21(17)27-23(31)15-7-1-3-11-19(15)33-34-20-12-4-2-8-16(20)24(32)28-22-18(30)10-6-14-26-22/h1-14,29-30H,(H,25,27,31)(H,26,28,32). The number of hydrogen-bond acceptors (Lipinski definition) is 6. The maximum atomic E-state index is 12.9. The molecule has 0 fully saturated rings. The molecular weight excluding hydrogens is 566 g/mol. The van der Waals surface area contributed by atoms with Crippen LogP contribution in [0.15, 0.2) is 85.2 Å². The molecule has 0 saturated heterocycles. The van der Waals surface area contributed by atoms with Crippen molar-refractivity contribution in [1.82, 2.24) is 9.97 Å². The van der Waals surface area contributed by atoms with E-state index in [1.54, 1.807) is 36.4 Å². The van der Waals surface area contributed by atoms with Gasteiger partial charge in [0.05, 0.1) is 0 Å². The van der Waals surface area contributed by atoms with Gasteiger partial charge < -0.3 is 0 Å². The summed E-state index contributed by atoms with van der Waals surface area (Å²) in [6.07, 6.45) is 2.97. The fourth-order valence-corrected chi connectivity index (χ4v) is 10.00. The summed E-state index contributed by atoms with van der Waals surface area (Å²) in [4.78, 5) is 33.7. The first-order chi connectivity index (χ1) is 16.5. The zero-order valence-electron chi connectivity index (χ0n) is 17.5. The van der Waals surface area contributed by atoms with Crippen LogP contribution in [-0.4, -0.2) is 58.3 Å². The normalized spacial score (nSPS) is 10.5. The van der Waals surface area contributed by atoms with Crippen LogP contribution in [-0.2, 0) is 0 Å².